The number of benzene rings is 1. The first kappa shape index (κ1) is 13.6. The zero-order valence-corrected chi connectivity index (χ0v) is 12.2. The van der Waals surface area contributed by atoms with Crippen molar-refractivity contribution in [2.45, 2.75) is 18.2 Å². The van der Waals surface area contributed by atoms with Crippen molar-refractivity contribution in [1.29, 1.82) is 0 Å². The van der Waals surface area contributed by atoms with E-state index >= 15 is 0 Å². The molecule has 108 valence electrons. The maximum atomic E-state index is 12.6. The Hall–Kier alpha value is -1.40. The summed E-state index contributed by atoms with van der Waals surface area (Å²) in [6.45, 7) is 3.30. The molecule has 2 fully saturated rings. The molecular weight excluding hydrogens is 276 g/mol. The fraction of sp³-hybridized carbons (Fsp3) is 0.500. The quantitative estimate of drug-likeness (QED) is 0.878. The molecule has 1 aromatic carbocycles. The maximum Gasteiger partial charge on any atom is 0.243 e. The number of nitrogens with one attached hydrogen (secondary N) is 1. The molecule has 5 nitrogen and oxygen atoms in total. The van der Waals surface area contributed by atoms with Crippen LogP contribution in [0.1, 0.15) is 13.3 Å². The van der Waals surface area contributed by atoms with Crippen LogP contribution < -0.4 is 5.32 Å². The summed E-state index contributed by atoms with van der Waals surface area (Å²) in [6, 6.07) is 8.41. The Morgan fingerprint density at radius 2 is 2.00 bits per heavy atom. The summed E-state index contributed by atoms with van der Waals surface area (Å²) in [7, 11) is -3.51. The van der Waals surface area contributed by atoms with E-state index in [1.807, 2.05) is 6.92 Å². The average molecular weight is 294 g/mol. The van der Waals surface area contributed by atoms with Crippen LogP contribution in [-0.4, -0.2) is 38.3 Å². The van der Waals surface area contributed by atoms with E-state index < -0.39 is 15.4 Å². The predicted molar refractivity (Wildman–Crippen MR) is 74.4 cm³/mol. The van der Waals surface area contributed by atoms with E-state index in [0.717, 1.165) is 0 Å². The second kappa shape index (κ2) is 4.56. The van der Waals surface area contributed by atoms with Crippen molar-refractivity contribution < 1.29 is 13.2 Å². The summed E-state index contributed by atoms with van der Waals surface area (Å²) >= 11 is 0. The lowest BCUT2D eigenvalue weighted by Gasteiger charge is -2.24. The second-order valence-electron chi connectivity index (χ2n) is 5.67. The molecule has 6 heteroatoms. The first-order chi connectivity index (χ1) is 9.47. The Balaban J connectivity index is 1.92. The standard InChI is InChI=1S/C14H18N2O3S/c1-11-9-16(10-14(11)7-8-15-13(14)17)20(18,19)12-5-3-2-4-6-12/h2-6,11H,7-10H2,1H3,(H,15,17)/t11-,14-/m1/s1. The van der Waals surface area contributed by atoms with Crippen LogP contribution in [0, 0.1) is 11.3 Å². The third-order valence-electron chi connectivity index (χ3n) is 4.57. The molecule has 1 N–H and O–H groups in total. The summed E-state index contributed by atoms with van der Waals surface area (Å²) in [6.07, 6.45) is 0.716. The zero-order chi connectivity index (χ0) is 14.4. The molecule has 1 aromatic rings. The minimum absolute atomic E-state index is 0.00392. The molecule has 2 atom stereocenters. The van der Waals surface area contributed by atoms with E-state index in [9.17, 15) is 13.2 Å². The molecule has 0 bridgehead atoms. The summed E-state index contributed by atoms with van der Waals surface area (Å²) in [4.78, 5) is 12.4. The highest BCUT2D eigenvalue weighted by molar-refractivity contribution is 7.89. The van der Waals surface area contributed by atoms with E-state index in [4.69, 9.17) is 0 Å². The van der Waals surface area contributed by atoms with Gasteiger partial charge in [-0.1, -0.05) is 25.1 Å². The second-order valence-corrected chi connectivity index (χ2v) is 7.61. The number of amides is 1. The van der Waals surface area contributed by atoms with Gasteiger partial charge in [0.2, 0.25) is 15.9 Å². The number of sulfonamides is 1. The van der Waals surface area contributed by atoms with Gasteiger partial charge in [0.05, 0.1) is 10.3 Å². The van der Waals surface area contributed by atoms with E-state index in [0.29, 0.717) is 24.4 Å². The molecule has 3 rings (SSSR count). The van der Waals surface area contributed by atoms with Gasteiger partial charge in [0, 0.05) is 19.6 Å². The molecule has 2 heterocycles. The van der Waals surface area contributed by atoms with Crippen molar-refractivity contribution in [2.75, 3.05) is 19.6 Å². The van der Waals surface area contributed by atoms with Crippen LogP contribution in [0.5, 0.6) is 0 Å². The molecule has 20 heavy (non-hydrogen) atoms. The van der Waals surface area contributed by atoms with E-state index in [2.05, 4.69) is 5.32 Å². The molecule has 2 saturated heterocycles. The lowest BCUT2D eigenvalue weighted by Crippen LogP contribution is -2.38. The minimum atomic E-state index is -3.51. The van der Waals surface area contributed by atoms with Gasteiger partial charge < -0.3 is 5.32 Å². The lowest BCUT2D eigenvalue weighted by atomic mass is 9.78. The number of hydrogen-bond donors (Lipinski definition) is 1. The zero-order valence-electron chi connectivity index (χ0n) is 11.4. The Bertz CT molecular complexity index is 629. The van der Waals surface area contributed by atoms with Gasteiger partial charge in [0.25, 0.3) is 0 Å². The third-order valence-corrected chi connectivity index (χ3v) is 6.40. The van der Waals surface area contributed by atoms with Crippen LogP contribution in [-0.2, 0) is 14.8 Å². The van der Waals surface area contributed by atoms with E-state index in [-0.39, 0.29) is 18.4 Å². The fourth-order valence-corrected chi connectivity index (χ4v) is 4.87. The van der Waals surface area contributed by atoms with Crippen molar-refractivity contribution in [3.8, 4) is 0 Å². The first-order valence-electron chi connectivity index (χ1n) is 6.80. The molecule has 0 radical (unpaired) electrons. The number of rotatable bonds is 2. The molecule has 0 aliphatic carbocycles. The monoisotopic (exact) mass is 294 g/mol. The summed E-state index contributed by atoms with van der Waals surface area (Å²) in [5.74, 6) is 0.0410. The predicted octanol–water partition coefficient (Wildman–Crippen LogP) is 0.833. The largest absolute Gasteiger partial charge is 0.356 e. The van der Waals surface area contributed by atoms with Gasteiger partial charge in [-0.25, -0.2) is 8.42 Å². The van der Waals surface area contributed by atoms with Gasteiger partial charge in [-0.2, -0.15) is 4.31 Å². The average Bonchev–Trinajstić information content (AvgIpc) is 2.97. The van der Waals surface area contributed by atoms with Crippen molar-refractivity contribution in [3.05, 3.63) is 30.3 Å². The van der Waals surface area contributed by atoms with E-state index in [1.165, 1.54) is 4.31 Å². The molecule has 1 spiro atoms. The van der Waals surface area contributed by atoms with Crippen molar-refractivity contribution in [1.82, 2.24) is 9.62 Å². The van der Waals surface area contributed by atoms with Gasteiger partial charge in [0.1, 0.15) is 0 Å². The minimum Gasteiger partial charge on any atom is -0.356 e. The van der Waals surface area contributed by atoms with Gasteiger partial charge in [-0.05, 0) is 24.5 Å². The number of hydrogen-bond acceptors (Lipinski definition) is 3. The molecular formula is C14H18N2O3S. The fourth-order valence-electron chi connectivity index (χ4n) is 3.25. The highest BCUT2D eigenvalue weighted by Crippen LogP contribution is 2.43. The van der Waals surface area contributed by atoms with Gasteiger partial charge in [-0.15, -0.1) is 0 Å². The molecule has 2 aliphatic heterocycles. The topological polar surface area (TPSA) is 66.5 Å². The Labute approximate surface area is 119 Å². The van der Waals surface area contributed by atoms with Gasteiger partial charge in [-0.3, -0.25) is 4.79 Å². The molecule has 1 amide bonds. The lowest BCUT2D eigenvalue weighted by molar-refractivity contribution is -0.128. The van der Waals surface area contributed by atoms with Crippen molar-refractivity contribution in [3.63, 3.8) is 0 Å². The Morgan fingerprint density at radius 3 is 2.60 bits per heavy atom. The van der Waals surface area contributed by atoms with Crippen LogP contribution in [0.25, 0.3) is 0 Å². The van der Waals surface area contributed by atoms with Crippen LogP contribution in [0.15, 0.2) is 35.2 Å². The summed E-state index contributed by atoms with van der Waals surface area (Å²) in [5.41, 5.74) is -0.540. The van der Waals surface area contributed by atoms with E-state index in [1.54, 1.807) is 30.3 Å². The van der Waals surface area contributed by atoms with Crippen LogP contribution in [0.4, 0.5) is 0 Å². The third kappa shape index (κ3) is 1.86. The van der Waals surface area contributed by atoms with Gasteiger partial charge >= 0.3 is 0 Å². The highest BCUT2D eigenvalue weighted by atomic mass is 32.2. The first-order valence-corrected chi connectivity index (χ1v) is 8.24. The normalized spacial score (nSPS) is 30.9. The van der Waals surface area contributed by atoms with Gasteiger partial charge in [0.15, 0.2) is 0 Å². The number of carbonyl (C=O) groups is 1. The maximum absolute atomic E-state index is 12.6. The van der Waals surface area contributed by atoms with Crippen molar-refractivity contribution in [2.24, 2.45) is 11.3 Å². The number of nitrogens with zero attached hydrogens (tertiary/aromatic N) is 1. The SMILES string of the molecule is C[C@@H]1CN(S(=O)(=O)c2ccccc2)C[C@]12CCNC2=O. The molecule has 0 aromatic heterocycles. The van der Waals surface area contributed by atoms with Crippen LogP contribution >= 0.6 is 0 Å². The molecule has 2 aliphatic rings. The van der Waals surface area contributed by atoms with Crippen molar-refractivity contribution >= 4 is 15.9 Å². The number of carbonyl (C=O) groups excluding carboxylic acids is 1. The molecule has 0 saturated carbocycles. The highest BCUT2D eigenvalue weighted by Gasteiger charge is 2.54. The molecule has 0 unspecified atom stereocenters. The summed E-state index contributed by atoms with van der Waals surface area (Å²) < 4.78 is 26.7. The smallest absolute Gasteiger partial charge is 0.243 e. The Morgan fingerprint density at radius 1 is 1.30 bits per heavy atom. The Kier molecular flexibility index (Phi) is 3.10. The van der Waals surface area contributed by atoms with Crippen LogP contribution in [0.3, 0.4) is 0 Å². The van der Waals surface area contributed by atoms with Crippen LogP contribution in [0.2, 0.25) is 0 Å². The summed E-state index contributed by atoms with van der Waals surface area (Å²) in [5, 5.41) is 2.83.